The van der Waals surface area contributed by atoms with Gasteiger partial charge in [0.25, 0.3) is 0 Å². The molecule has 144 valence electrons. The van der Waals surface area contributed by atoms with Gasteiger partial charge in [-0.15, -0.1) is 11.3 Å². The molecule has 1 saturated carbocycles. The summed E-state index contributed by atoms with van der Waals surface area (Å²) in [6.07, 6.45) is 4.95. The highest BCUT2D eigenvalue weighted by atomic mass is 32.1. The normalized spacial score (nSPS) is 14.3. The molecule has 0 bridgehead atoms. The van der Waals surface area contributed by atoms with Gasteiger partial charge in [0.1, 0.15) is 0 Å². The minimum Gasteiger partial charge on any atom is -0.347 e. The molecule has 1 aliphatic rings. The van der Waals surface area contributed by atoms with Crippen molar-refractivity contribution in [3.63, 3.8) is 0 Å². The van der Waals surface area contributed by atoms with E-state index < -0.39 is 0 Å². The average molecular weight is 385 g/mol. The Bertz CT molecular complexity index is 751. The fourth-order valence-corrected chi connectivity index (χ4v) is 4.47. The molecular formula is C22H28N2O2S. The first-order valence-electron chi connectivity index (χ1n) is 9.76. The van der Waals surface area contributed by atoms with Crippen LogP contribution in [0.1, 0.15) is 41.0 Å². The van der Waals surface area contributed by atoms with Crippen molar-refractivity contribution >= 4 is 23.2 Å². The van der Waals surface area contributed by atoms with Gasteiger partial charge in [-0.3, -0.25) is 9.59 Å². The van der Waals surface area contributed by atoms with Crippen LogP contribution in [0.2, 0.25) is 0 Å². The van der Waals surface area contributed by atoms with Crippen molar-refractivity contribution in [2.45, 2.75) is 45.6 Å². The number of thiophene rings is 1. The van der Waals surface area contributed by atoms with Crippen LogP contribution in [0, 0.1) is 12.8 Å². The molecule has 0 spiro atoms. The number of nitrogens with zero attached hydrogens (tertiary/aromatic N) is 1. The SMILES string of the molecule is Cc1ccc(CN(CCc2ccccc2)C(=O)CNC(=O)C2CCCC2)s1. The second-order valence-electron chi connectivity index (χ2n) is 7.26. The Morgan fingerprint density at radius 1 is 1.11 bits per heavy atom. The summed E-state index contributed by atoms with van der Waals surface area (Å²) in [5, 5.41) is 2.87. The highest BCUT2D eigenvalue weighted by molar-refractivity contribution is 7.11. The van der Waals surface area contributed by atoms with E-state index in [2.05, 4.69) is 36.5 Å². The lowest BCUT2D eigenvalue weighted by atomic mass is 10.1. The number of amides is 2. The quantitative estimate of drug-likeness (QED) is 0.750. The van der Waals surface area contributed by atoms with Crippen molar-refractivity contribution < 1.29 is 9.59 Å². The highest BCUT2D eigenvalue weighted by Gasteiger charge is 2.23. The van der Waals surface area contributed by atoms with Crippen molar-refractivity contribution in [2.75, 3.05) is 13.1 Å². The van der Waals surface area contributed by atoms with Gasteiger partial charge in [0.05, 0.1) is 13.1 Å². The first-order valence-corrected chi connectivity index (χ1v) is 10.6. The molecule has 2 aromatic rings. The molecule has 3 rings (SSSR count). The summed E-state index contributed by atoms with van der Waals surface area (Å²) in [5.74, 6) is 0.120. The van der Waals surface area contributed by atoms with Gasteiger partial charge >= 0.3 is 0 Å². The number of aryl methyl sites for hydroxylation is 1. The van der Waals surface area contributed by atoms with E-state index in [1.807, 2.05) is 23.1 Å². The number of rotatable bonds is 8. The minimum absolute atomic E-state index is 0.0108. The molecular weight excluding hydrogens is 356 g/mol. The number of carbonyl (C=O) groups is 2. The number of hydrogen-bond donors (Lipinski definition) is 1. The van der Waals surface area contributed by atoms with Crippen molar-refractivity contribution in [3.8, 4) is 0 Å². The molecule has 1 heterocycles. The van der Waals surface area contributed by atoms with Crippen LogP contribution in [-0.4, -0.2) is 29.8 Å². The highest BCUT2D eigenvalue weighted by Crippen LogP contribution is 2.24. The van der Waals surface area contributed by atoms with E-state index in [-0.39, 0.29) is 24.3 Å². The van der Waals surface area contributed by atoms with E-state index >= 15 is 0 Å². The minimum atomic E-state index is -0.0108. The number of nitrogens with one attached hydrogen (secondary N) is 1. The molecule has 5 heteroatoms. The predicted octanol–water partition coefficient (Wildman–Crippen LogP) is 3.93. The lowest BCUT2D eigenvalue weighted by Gasteiger charge is -2.23. The monoisotopic (exact) mass is 384 g/mol. The van der Waals surface area contributed by atoms with Crippen molar-refractivity contribution in [2.24, 2.45) is 5.92 Å². The maximum Gasteiger partial charge on any atom is 0.242 e. The summed E-state index contributed by atoms with van der Waals surface area (Å²) >= 11 is 1.72. The molecule has 1 fully saturated rings. The summed E-state index contributed by atoms with van der Waals surface area (Å²) in [4.78, 5) is 29.3. The maximum absolute atomic E-state index is 12.8. The topological polar surface area (TPSA) is 49.4 Å². The number of hydrogen-bond acceptors (Lipinski definition) is 3. The largest absolute Gasteiger partial charge is 0.347 e. The zero-order chi connectivity index (χ0) is 19.1. The molecule has 0 saturated heterocycles. The molecule has 27 heavy (non-hydrogen) atoms. The van der Waals surface area contributed by atoms with Crippen LogP contribution in [-0.2, 0) is 22.6 Å². The van der Waals surface area contributed by atoms with Crippen LogP contribution in [0.3, 0.4) is 0 Å². The predicted molar refractivity (Wildman–Crippen MR) is 110 cm³/mol. The van der Waals surface area contributed by atoms with Gasteiger partial charge in [-0.05, 0) is 43.9 Å². The lowest BCUT2D eigenvalue weighted by molar-refractivity contribution is -0.134. The maximum atomic E-state index is 12.8. The van der Waals surface area contributed by atoms with Crippen LogP contribution in [0.4, 0.5) is 0 Å². The van der Waals surface area contributed by atoms with E-state index in [9.17, 15) is 9.59 Å². The van der Waals surface area contributed by atoms with Gasteiger partial charge in [-0.1, -0.05) is 43.2 Å². The van der Waals surface area contributed by atoms with E-state index in [0.717, 1.165) is 32.1 Å². The summed E-state index contributed by atoms with van der Waals surface area (Å²) in [6, 6.07) is 14.4. The van der Waals surface area contributed by atoms with Crippen molar-refractivity contribution in [1.82, 2.24) is 10.2 Å². The summed E-state index contributed by atoms with van der Waals surface area (Å²) in [6.45, 7) is 3.42. The average Bonchev–Trinajstić information content (AvgIpc) is 3.35. The summed E-state index contributed by atoms with van der Waals surface area (Å²) in [7, 11) is 0. The van der Waals surface area contributed by atoms with Gasteiger partial charge in [-0.2, -0.15) is 0 Å². The molecule has 1 aliphatic carbocycles. The number of benzene rings is 1. The Morgan fingerprint density at radius 2 is 1.85 bits per heavy atom. The van der Waals surface area contributed by atoms with Crippen molar-refractivity contribution in [1.29, 1.82) is 0 Å². The molecule has 1 aromatic carbocycles. The fraction of sp³-hybridized carbons (Fsp3) is 0.455. The van der Waals surface area contributed by atoms with E-state index in [1.165, 1.54) is 15.3 Å². The first-order chi connectivity index (χ1) is 13.1. The Morgan fingerprint density at radius 3 is 2.52 bits per heavy atom. The molecule has 0 aliphatic heterocycles. The summed E-state index contributed by atoms with van der Waals surface area (Å²) < 4.78 is 0. The third-order valence-electron chi connectivity index (χ3n) is 5.15. The van der Waals surface area contributed by atoms with E-state index in [1.54, 1.807) is 11.3 Å². The standard InChI is InChI=1S/C22H28N2O2S/c1-17-11-12-20(27-17)16-24(14-13-18-7-3-2-4-8-18)21(25)15-23-22(26)19-9-5-6-10-19/h2-4,7-8,11-12,19H,5-6,9-10,13-16H2,1H3,(H,23,26). The molecule has 0 atom stereocenters. The van der Waals surface area contributed by atoms with Gasteiger partial charge < -0.3 is 10.2 Å². The zero-order valence-corrected chi connectivity index (χ0v) is 16.8. The van der Waals surface area contributed by atoms with Crippen LogP contribution in [0.15, 0.2) is 42.5 Å². The van der Waals surface area contributed by atoms with Gasteiger partial charge in [-0.25, -0.2) is 0 Å². The molecule has 0 unspecified atom stereocenters. The van der Waals surface area contributed by atoms with Gasteiger partial charge in [0.15, 0.2) is 0 Å². The molecule has 0 radical (unpaired) electrons. The molecule has 2 amide bonds. The smallest absolute Gasteiger partial charge is 0.242 e. The van der Waals surface area contributed by atoms with Gasteiger partial charge in [0, 0.05) is 22.2 Å². The van der Waals surface area contributed by atoms with Crippen molar-refractivity contribution in [3.05, 3.63) is 57.8 Å². The molecule has 1 aromatic heterocycles. The Balaban J connectivity index is 1.58. The van der Waals surface area contributed by atoms with Crippen LogP contribution in [0.25, 0.3) is 0 Å². The summed E-state index contributed by atoms with van der Waals surface area (Å²) in [5.41, 5.74) is 1.22. The second-order valence-corrected chi connectivity index (χ2v) is 8.63. The van der Waals surface area contributed by atoms with Gasteiger partial charge in [0.2, 0.25) is 11.8 Å². The van der Waals surface area contributed by atoms with E-state index in [0.29, 0.717) is 13.1 Å². The Hall–Kier alpha value is -2.14. The first kappa shape index (κ1) is 19.6. The Labute approximate surface area is 165 Å². The zero-order valence-electron chi connectivity index (χ0n) is 15.9. The molecule has 4 nitrogen and oxygen atoms in total. The third-order valence-corrected chi connectivity index (χ3v) is 6.13. The Kier molecular flexibility index (Phi) is 7.04. The number of carbonyl (C=O) groups excluding carboxylic acids is 2. The fourth-order valence-electron chi connectivity index (χ4n) is 3.57. The molecule has 1 N–H and O–H groups in total. The lowest BCUT2D eigenvalue weighted by Crippen LogP contribution is -2.42. The second kappa shape index (κ2) is 9.70. The van der Waals surface area contributed by atoms with Crippen LogP contribution >= 0.6 is 11.3 Å². The van der Waals surface area contributed by atoms with Crippen LogP contribution < -0.4 is 5.32 Å². The van der Waals surface area contributed by atoms with Crippen LogP contribution in [0.5, 0.6) is 0 Å². The van der Waals surface area contributed by atoms with E-state index in [4.69, 9.17) is 0 Å². The third kappa shape index (κ3) is 5.93.